The summed E-state index contributed by atoms with van der Waals surface area (Å²) in [6.45, 7) is 10.8. The molecule has 0 radical (unpaired) electrons. The molecule has 0 fully saturated rings. The maximum atomic E-state index is 6.04. The van der Waals surface area contributed by atoms with Crippen molar-refractivity contribution in [1.82, 2.24) is 10.2 Å². The van der Waals surface area contributed by atoms with E-state index in [9.17, 15) is 0 Å². The predicted molar refractivity (Wildman–Crippen MR) is 79.7 cm³/mol. The fourth-order valence-electron chi connectivity index (χ4n) is 2.53. The topological polar surface area (TPSA) is 24.5 Å². The summed E-state index contributed by atoms with van der Waals surface area (Å²) in [7, 11) is 2.16. The van der Waals surface area contributed by atoms with Gasteiger partial charge in [-0.2, -0.15) is 0 Å². The summed E-state index contributed by atoms with van der Waals surface area (Å²) in [5.74, 6) is 1.02. The number of benzene rings is 1. The SMILES string of the molecule is CC(C)N(C)CCNC1c2ccccc2OC1(C)C. The first-order valence-corrected chi connectivity index (χ1v) is 7.13. The minimum absolute atomic E-state index is 0.180. The summed E-state index contributed by atoms with van der Waals surface area (Å²) >= 11 is 0. The van der Waals surface area contributed by atoms with Gasteiger partial charge in [-0.05, 0) is 40.8 Å². The Balaban J connectivity index is 1.99. The molecule has 1 aromatic rings. The molecule has 106 valence electrons. The van der Waals surface area contributed by atoms with Gasteiger partial charge in [0, 0.05) is 24.7 Å². The van der Waals surface area contributed by atoms with E-state index in [1.807, 2.05) is 6.07 Å². The van der Waals surface area contributed by atoms with E-state index in [1.165, 1.54) is 5.56 Å². The van der Waals surface area contributed by atoms with E-state index in [0.29, 0.717) is 6.04 Å². The summed E-state index contributed by atoms with van der Waals surface area (Å²) < 4.78 is 6.04. The zero-order chi connectivity index (χ0) is 14.0. The minimum Gasteiger partial charge on any atom is -0.486 e. The first-order chi connectivity index (χ1) is 8.92. The van der Waals surface area contributed by atoms with Crippen molar-refractivity contribution in [3.05, 3.63) is 29.8 Å². The van der Waals surface area contributed by atoms with Crippen molar-refractivity contribution in [3.8, 4) is 5.75 Å². The molecule has 1 heterocycles. The van der Waals surface area contributed by atoms with Gasteiger partial charge in [0.1, 0.15) is 11.4 Å². The van der Waals surface area contributed by atoms with E-state index in [2.05, 4.69) is 63.2 Å². The van der Waals surface area contributed by atoms with Crippen LogP contribution in [0.5, 0.6) is 5.75 Å². The molecule has 1 aromatic carbocycles. The molecule has 1 N–H and O–H groups in total. The van der Waals surface area contributed by atoms with Crippen LogP contribution in [0.25, 0.3) is 0 Å². The second kappa shape index (κ2) is 5.51. The number of nitrogens with zero attached hydrogens (tertiary/aromatic N) is 1. The summed E-state index contributed by atoms with van der Waals surface area (Å²) in [6.07, 6.45) is 0. The van der Waals surface area contributed by atoms with Crippen LogP contribution in [-0.4, -0.2) is 36.7 Å². The second-order valence-electron chi connectivity index (χ2n) is 6.20. The second-order valence-corrected chi connectivity index (χ2v) is 6.20. The van der Waals surface area contributed by atoms with Gasteiger partial charge in [0.2, 0.25) is 0 Å². The van der Waals surface area contributed by atoms with E-state index in [-0.39, 0.29) is 11.6 Å². The van der Waals surface area contributed by atoms with Gasteiger partial charge in [0.15, 0.2) is 0 Å². The van der Waals surface area contributed by atoms with Gasteiger partial charge in [0.05, 0.1) is 6.04 Å². The highest BCUT2D eigenvalue weighted by molar-refractivity contribution is 5.42. The number of hydrogen-bond acceptors (Lipinski definition) is 3. The van der Waals surface area contributed by atoms with Gasteiger partial charge >= 0.3 is 0 Å². The van der Waals surface area contributed by atoms with Crippen molar-refractivity contribution in [2.75, 3.05) is 20.1 Å². The normalized spacial score (nSPS) is 20.7. The predicted octanol–water partition coefficient (Wildman–Crippen LogP) is 2.83. The van der Waals surface area contributed by atoms with Crippen molar-refractivity contribution in [2.24, 2.45) is 0 Å². The Hall–Kier alpha value is -1.06. The highest BCUT2D eigenvalue weighted by atomic mass is 16.5. The molecule has 0 bridgehead atoms. The Kier molecular flexibility index (Phi) is 4.16. The van der Waals surface area contributed by atoms with E-state index < -0.39 is 0 Å². The molecule has 0 aliphatic carbocycles. The number of ether oxygens (including phenoxy) is 1. The number of fused-ring (bicyclic) bond motifs is 1. The standard InChI is InChI=1S/C16H26N2O/c1-12(2)18(5)11-10-17-15-13-8-6-7-9-14(13)19-16(15,3)4/h6-9,12,15,17H,10-11H2,1-5H3. The molecule has 0 saturated heterocycles. The molecule has 1 unspecified atom stereocenters. The maximum absolute atomic E-state index is 6.04. The lowest BCUT2D eigenvalue weighted by Crippen LogP contribution is -2.42. The van der Waals surface area contributed by atoms with Crippen LogP contribution in [0.15, 0.2) is 24.3 Å². The third kappa shape index (κ3) is 3.10. The molecule has 1 aliphatic heterocycles. The Morgan fingerprint density at radius 1 is 1.32 bits per heavy atom. The lowest BCUT2D eigenvalue weighted by molar-refractivity contribution is 0.0948. The van der Waals surface area contributed by atoms with Crippen molar-refractivity contribution in [1.29, 1.82) is 0 Å². The number of likely N-dealkylation sites (N-methyl/N-ethyl adjacent to an activating group) is 1. The first-order valence-electron chi connectivity index (χ1n) is 7.13. The van der Waals surface area contributed by atoms with Gasteiger partial charge in [-0.25, -0.2) is 0 Å². The van der Waals surface area contributed by atoms with Crippen LogP contribution in [0.4, 0.5) is 0 Å². The van der Waals surface area contributed by atoms with Crippen molar-refractivity contribution in [3.63, 3.8) is 0 Å². The van der Waals surface area contributed by atoms with E-state index >= 15 is 0 Å². The zero-order valence-corrected chi connectivity index (χ0v) is 12.7. The quantitative estimate of drug-likeness (QED) is 0.883. The van der Waals surface area contributed by atoms with Crippen LogP contribution in [0, 0.1) is 0 Å². The van der Waals surface area contributed by atoms with Crippen molar-refractivity contribution in [2.45, 2.75) is 45.4 Å². The van der Waals surface area contributed by atoms with Crippen LogP contribution in [-0.2, 0) is 0 Å². The Labute approximate surface area is 116 Å². The molecule has 0 spiro atoms. The molecule has 1 aliphatic rings. The van der Waals surface area contributed by atoms with Gasteiger partial charge in [-0.3, -0.25) is 0 Å². The molecule has 0 aromatic heterocycles. The first kappa shape index (κ1) is 14.4. The molecule has 19 heavy (non-hydrogen) atoms. The Morgan fingerprint density at radius 2 is 2.00 bits per heavy atom. The van der Waals surface area contributed by atoms with Gasteiger partial charge in [0.25, 0.3) is 0 Å². The molecule has 0 saturated carbocycles. The van der Waals surface area contributed by atoms with Crippen LogP contribution in [0.1, 0.15) is 39.3 Å². The fraction of sp³-hybridized carbons (Fsp3) is 0.625. The molecule has 3 nitrogen and oxygen atoms in total. The summed E-state index contributed by atoms with van der Waals surface area (Å²) in [5.41, 5.74) is 1.10. The van der Waals surface area contributed by atoms with Crippen LogP contribution >= 0.6 is 0 Å². The lowest BCUT2D eigenvalue weighted by atomic mass is 9.94. The monoisotopic (exact) mass is 262 g/mol. The van der Waals surface area contributed by atoms with Gasteiger partial charge < -0.3 is 15.0 Å². The number of nitrogens with one attached hydrogen (secondary N) is 1. The lowest BCUT2D eigenvalue weighted by Gasteiger charge is -2.29. The highest BCUT2D eigenvalue weighted by Crippen LogP contribution is 2.42. The molecular weight excluding hydrogens is 236 g/mol. The molecule has 2 rings (SSSR count). The Bertz CT molecular complexity index is 429. The smallest absolute Gasteiger partial charge is 0.125 e. The largest absolute Gasteiger partial charge is 0.486 e. The molecule has 1 atom stereocenters. The molecule has 3 heteroatoms. The highest BCUT2D eigenvalue weighted by Gasteiger charge is 2.40. The fourth-order valence-corrected chi connectivity index (χ4v) is 2.53. The van der Waals surface area contributed by atoms with Gasteiger partial charge in [-0.15, -0.1) is 0 Å². The maximum Gasteiger partial charge on any atom is 0.125 e. The third-order valence-corrected chi connectivity index (χ3v) is 3.99. The van der Waals surface area contributed by atoms with Crippen molar-refractivity contribution < 1.29 is 4.74 Å². The number of hydrogen-bond donors (Lipinski definition) is 1. The summed E-state index contributed by atoms with van der Waals surface area (Å²) in [4.78, 5) is 2.35. The van der Waals surface area contributed by atoms with Crippen molar-refractivity contribution >= 4 is 0 Å². The van der Waals surface area contributed by atoms with Crippen LogP contribution in [0.2, 0.25) is 0 Å². The van der Waals surface area contributed by atoms with E-state index in [4.69, 9.17) is 4.74 Å². The molecule has 0 amide bonds. The Morgan fingerprint density at radius 3 is 2.68 bits per heavy atom. The number of para-hydroxylation sites is 1. The minimum atomic E-state index is -0.180. The summed E-state index contributed by atoms with van der Waals surface area (Å²) in [6, 6.07) is 9.18. The third-order valence-electron chi connectivity index (χ3n) is 3.99. The van der Waals surface area contributed by atoms with E-state index in [1.54, 1.807) is 0 Å². The van der Waals surface area contributed by atoms with Crippen LogP contribution in [0.3, 0.4) is 0 Å². The average molecular weight is 262 g/mol. The number of rotatable bonds is 5. The zero-order valence-electron chi connectivity index (χ0n) is 12.7. The average Bonchev–Trinajstić information content (AvgIpc) is 2.60. The van der Waals surface area contributed by atoms with Gasteiger partial charge in [-0.1, -0.05) is 18.2 Å². The van der Waals surface area contributed by atoms with E-state index in [0.717, 1.165) is 18.8 Å². The molecular formula is C16H26N2O. The summed E-state index contributed by atoms with van der Waals surface area (Å²) in [5, 5.41) is 3.65. The van der Waals surface area contributed by atoms with Crippen LogP contribution < -0.4 is 10.1 Å².